The van der Waals surface area contributed by atoms with E-state index >= 15 is 0 Å². The summed E-state index contributed by atoms with van der Waals surface area (Å²) in [5.41, 5.74) is 3.17. The van der Waals surface area contributed by atoms with E-state index in [1.807, 2.05) is 24.3 Å². The van der Waals surface area contributed by atoms with Gasteiger partial charge in [0.05, 0.1) is 5.75 Å². The predicted molar refractivity (Wildman–Crippen MR) is 139 cm³/mol. The molecule has 8 heteroatoms. The Morgan fingerprint density at radius 3 is 2.56 bits per heavy atom. The maximum absolute atomic E-state index is 12.5. The number of carbonyl (C=O) groups excluding carboxylic acids is 1. The van der Waals surface area contributed by atoms with E-state index in [2.05, 4.69) is 87.7 Å². The molecule has 0 spiro atoms. The first-order valence-corrected chi connectivity index (χ1v) is 12.6. The summed E-state index contributed by atoms with van der Waals surface area (Å²) in [4.78, 5) is 12.5. The number of rotatable bonds is 9. The molecule has 0 aliphatic rings. The summed E-state index contributed by atoms with van der Waals surface area (Å²) in [6.45, 7) is 7.97. The Labute approximate surface area is 207 Å². The van der Waals surface area contributed by atoms with Crippen LogP contribution in [0.1, 0.15) is 32.8 Å². The number of nitrogens with one attached hydrogen (secondary N) is 1. The van der Waals surface area contributed by atoms with E-state index in [0.29, 0.717) is 6.61 Å². The number of anilines is 1. The van der Waals surface area contributed by atoms with Crippen molar-refractivity contribution in [1.29, 1.82) is 0 Å². The molecule has 0 saturated heterocycles. The van der Waals surface area contributed by atoms with Gasteiger partial charge in [0, 0.05) is 35.1 Å². The van der Waals surface area contributed by atoms with Crippen LogP contribution in [0.4, 0.5) is 5.69 Å². The number of amides is 1. The monoisotopic (exact) mass is 564 g/mol. The Hall–Kier alpha value is -1.91. The lowest BCUT2D eigenvalue weighted by Gasteiger charge is -2.19. The SMILES string of the molecule is COCCCn1c(SCC(=O)Nc2cccc(I)c2)nnc1-c1ccc(C(C)(C)C)cc1. The van der Waals surface area contributed by atoms with Crippen LogP contribution in [0.15, 0.2) is 53.7 Å². The second-order valence-corrected chi connectivity index (χ2v) is 10.7. The van der Waals surface area contributed by atoms with Gasteiger partial charge in [0.25, 0.3) is 0 Å². The third-order valence-electron chi connectivity index (χ3n) is 4.90. The van der Waals surface area contributed by atoms with Crippen molar-refractivity contribution >= 4 is 45.9 Å². The Balaban J connectivity index is 1.75. The van der Waals surface area contributed by atoms with Crippen LogP contribution in [0.2, 0.25) is 0 Å². The van der Waals surface area contributed by atoms with Crippen LogP contribution in [0, 0.1) is 3.57 Å². The first-order valence-electron chi connectivity index (χ1n) is 10.5. The van der Waals surface area contributed by atoms with Crippen LogP contribution in [0.5, 0.6) is 0 Å². The molecular formula is C24H29IN4O2S. The molecule has 0 fully saturated rings. The van der Waals surface area contributed by atoms with Gasteiger partial charge in [-0.05, 0) is 58.2 Å². The summed E-state index contributed by atoms with van der Waals surface area (Å²) in [6, 6.07) is 16.2. The van der Waals surface area contributed by atoms with Crippen LogP contribution < -0.4 is 5.32 Å². The molecule has 0 aliphatic carbocycles. The highest BCUT2D eigenvalue weighted by Gasteiger charge is 2.18. The van der Waals surface area contributed by atoms with Crippen molar-refractivity contribution in [2.24, 2.45) is 0 Å². The summed E-state index contributed by atoms with van der Waals surface area (Å²) in [6.07, 6.45) is 0.837. The zero-order valence-electron chi connectivity index (χ0n) is 18.9. The molecule has 1 heterocycles. The van der Waals surface area contributed by atoms with E-state index in [4.69, 9.17) is 4.74 Å². The summed E-state index contributed by atoms with van der Waals surface area (Å²) in [7, 11) is 1.70. The zero-order chi connectivity index (χ0) is 23.1. The van der Waals surface area contributed by atoms with Gasteiger partial charge in [-0.1, -0.05) is 62.9 Å². The molecule has 32 heavy (non-hydrogen) atoms. The first-order chi connectivity index (χ1) is 15.3. The van der Waals surface area contributed by atoms with Gasteiger partial charge >= 0.3 is 0 Å². The van der Waals surface area contributed by atoms with Crippen LogP contribution >= 0.6 is 34.4 Å². The minimum atomic E-state index is -0.0699. The molecule has 2 aromatic carbocycles. The molecule has 0 unspecified atom stereocenters. The number of hydrogen-bond donors (Lipinski definition) is 1. The predicted octanol–water partition coefficient (Wildman–Crippen LogP) is 5.61. The fourth-order valence-corrected chi connectivity index (χ4v) is 4.50. The maximum Gasteiger partial charge on any atom is 0.234 e. The summed E-state index contributed by atoms with van der Waals surface area (Å²) >= 11 is 3.62. The van der Waals surface area contributed by atoms with Gasteiger partial charge in [0.2, 0.25) is 5.91 Å². The average Bonchev–Trinajstić information content (AvgIpc) is 3.15. The van der Waals surface area contributed by atoms with Crippen molar-refractivity contribution in [2.75, 3.05) is 24.8 Å². The second-order valence-electron chi connectivity index (χ2n) is 8.48. The lowest BCUT2D eigenvalue weighted by atomic mass is 9.87. The molecule has 1 amide bonds. The number of thioether (sulfide) groups is 1. The van der Waals surface area contributed by atoms with Crippen molar-refractivity contribution in [2.45, 2.75) is 44.3 Å². The van der Waals surface area contributed by atoms with Gasteiger partial charge in [-0.2, -0.15) is 0 Å². The third-order valence-corrected chi connectivity index (χ3v) is 6.53. The Kier molecular flexibility index (Phi) is 8.72. The Bertz CT molecular complexity index is 1040. The molecule has 170 valence electrons. The van der Waals surface area contributed by atoms with Crippen LogP contribution in [-0.4, -0.2) is 40.1 Å². The third kappa shape index (κ3) is 6.79. The van der Waals surface area contributed by atoms with Crippen LogP contribution in [0.3, 0.4) is 0 Å². The molecular weight excluding hydrogens is 535 g/mol. The van der Waals surface area contributed by atoms with Crippen molar-refractivity contribution in [1.82, 2.24) is 14.8 Å². The van der Waals surface area contributed by atoms with Crippen LogP contribution in [0.25, 0.3) is 11.4 Å². The Morgan fingerprint density at radius 2 is 1.91 bits per heavy atom. The van der Waals surface area contributed by atoms with Gasteiger partial charge in [-0.25, -0.2) is 0 Å². The van der Waals surface area contributed by atoms with E-state index in [0.717, 1.165) is 38.8 Å². The fourth-order valence-electron chi connectivity index (χ4n) is 3.19. The highest BCUT2D eigenvalue weighted by atomic mass is 127. The van der Waals surface area contributed by atoms with Gasteiger partial charge in [-0.15, -0.1) is 10.2 Å². The molecule has 0 atom stereocenters. The molecule has 1 aromatic heterocycles. The van der Waals surface area contributed by atoms with Crippen molar-refractivity contribution in [3.63, 3.8) is 0 Å². The van der Waals surface area contributed by atoms with Crippen molar-refractivity contribution in [3.8, 4) is 11.4 Å². The van der Waals surface area contributed by atoms with Gasteiger partial charge in [0.1, 0.15) is 0 Å². The van der Waals surface area contributed by atoms with Gasteiger partial charge < -0.3 is 14.6 Å². The van der Waals surface area contributed by atoms with Crippen molar-refractivity contribution < 1.29 is 9.53 Å². The molecule has 0 saturated carbocycles. The zero-order valence-corrected chi connectivity index (χ0v) is 21.9. The standard InChI is InChI=1S/C24H29IN4O2S/c1-24(2,3)18-11-9-17(10-12-18)22-27-28-23(29(22)13-6-14-31-4)32-16-21(30)26-20-8-5-7-19(25)15-20/h5,7-12,15H,6,13-14,16H2,1-4H3,(H,26,30). The minimum Gasteiger partial charge on any atom is -0.385 e. The first kappa shape index (κ1) is 24.7. The van der Waals surface area contributed by atoms with Gasteiger partial charge in [-0.3, -0.25) is 4.79 Å². The number of hydrogen-bond acceptors (Lipinski definition) is 5. The lowest BCUT2D eigenvalue weighted by Crippen LogP contribution is -2.15. The number of methoxy groups -OCH3 is 1. The molecule has 0 radical (unpaired) electrons. The molecule has 6 nitrogen and oxygen atoms in total. The molecule has 1 N–H and O–H groups in total. The summed E-state index contributed by atoms with van der Waals surface area (Å²) < 4.78 is 8.38. The normalized spacial score (nSPS) is 11.5. The number of benzene rings is 2. The van der Waals surface area contributed by atoms with E-state index in [1.165, 1.54) is 17.3 Å². The van der Waals surface area contributed by atoms with Crippen LogP contribution in [-0.2, 0) is 21.5 Å². The number of carbonyl (C=O) groups is 1. The summed E-state index contributed by atoms with van der Waals surface area (Å²) in [5, 5.41) is 12.5. The average molecular weight is 564 g/mol. The molecule has 3 aromatic rings. The quantitative estimate of drug-likeness (QED) is 0.208. The Morgan fingerprint density at radius 1 is 1.16 bits per heavy atom. The highest BCUT2D eigenvalue weighted by molar-refractivity contribution is 14.1. The summed E-state index contributed by atoms with van der Waals surface area (Å²) in [5.74, 6) is 0.998. The van der Waals surface area contributed by atoms with E-state index in [9.17, 15) is 4.79 Å². The molecule has 0 bridgehead atoms. The number of ether oxygens (including phenoxy) is 1. The van der Waals surface area contributed by atoms with Gasteiger partial charge in [0.15, 0.2) is 11.0 Å². The number of halogens is 1. The number of aromatic nitrogens is 3. The second kappa shape index (κ2) is 11.3. The van der Waals surface area contributed by atoms with Crippen molar-refractivity contribution in [3.05, 3.63) is 57.7 Å². The fraction of sp³-hybridized carbons (Fsp3) is 0.375. The van der Waals surface area contributed by atoms with E-state index in [1.54, 1.807) is 7.11 Å². The highest BCUT2D eigenvalue weighted by Crippen LogP contribution is 2.28. The molecule has 3 rings (SSSR count). The largest absolute Gasteiger partial charge is 0.385 e. The topological polar surface area (TPSA) is 69.0 Å². The lowest BCUT2D eigenvalue weighted by molar-refractivity contribution is -0.113. The maximum atomic E-state index is 12.5. The minimum absolute atomic E-state index is 0.0699. The molecule has 0 aliphatic heterocycles. The van der Waals surface area contributed by atoms with E-state index in [-0.39, 0.29) is 17.1 Å². The van der Waals surface area contributed by atoms with E-state index < -0.39 is 0 Å². The smallest absolute Gasteiger partial charge is 0.234 e. The number of nitrogens with zero attached hydrogens (tertiary/aromatic N) is 3.